The topological polar surface area (TPSA) is 84.0 Å². The first kappa shape index (κ1) is 27.7. The maximum absolute atomic E-state index is 13.8. The molecule has 0 saturated heterocycles. The van der Waals surface area contributed by atoms with E-state index in [2.05, 4.69) is 48.4 Å². The van der Waals surface area contributed by atoms with E-state index in [4.69, 9.17) is 9.57 Å². The number of anilines is 2. The third-order valence-corrected chi connectivity index (χ3v) is 7.73. The number of aromatic nitrogens is 1. The van der Waals surface area contributed by atoms with Crippen LogP contribution < -0.4 is 10.2 Å². The molecule has 0 aliphatic carbocycles. The quantitative estimate of drug-likeness (QED) is 0.262. The molecule has 0 fully saturated rings. The van der Waals surface area contributed by atoms with Crippen molar-refractivity contribution in [3.63, 3.8) is 0 Å². The van der Waals surface area contributed by atoms with Gasteiger partial charge in [0, 0.05) is 41.5 Å². The molecular weight excluding hydrogens is 528 g/mol. The highest BCUT2D eigenvalue weighted by Gasteiger charge is 2.36. The summed E-state index contributed by atoms with van der Waals surface area (Å²) in [6.45, 7) is 11.7. The van der Waals surface area contributed by atoms with Crippen molar-refractivity contribution < 1.29 is 19.2 Å². The number of benzene rings is 3. The first-order valence-corrected chi connectivity index (χ1v) is 14.3. The normalized spacial score (nSPS) is 16.2. The molecule has 1 aromatic heterocycles. The molecule has 4 aromatic rings. The lowest BCUT2D eigenvalue weighted by molar-refractivity contribution is -0.160. The minimum Gasteiger partial charge on any atom is -0.427 e. The van der Waals surface area contributed by atoms with E-state index < -0.39 is 11.8 Å². The van der Waals surface area contributed by atoms with E-state index >= 15 is 0 Å². The summed E-state index contributed by atoms with van der Waals surface area (Å²) in [7, 11) is 0. The molecule has 0 atom stereocenters. The number of pyridine rings is 1. The van der Waals surface area contributed by atoms with Gasteiger partial charge in [-0.15, -0.1) is 5.06 Å². The van der Waals surface area contributed by atoms with Crippen LogP contribution in [0.25, 0.3) is 10.9 Å². The van der Waals surface area contributed by atoms with Crippen molar-refractivity contribution in [1.82, 2.24) is 10.0 Å². The van der Waals surface area contributed by atoms with E-state index in [9.17, 15) is 9.59 Å². The van der Waals surface area contributed by atoms with E-state index in [-0.39, 0.29) is 11.3 Å². The molecule has 42 heavy (non-hydrogen) atoms. The number of nitrogens with one attached hydrogen (secondary N) is 1. The van der Waals surface area contributed by atoms with Crippen molar-refractivity contribution in [1.29, 1.82) is 0 Å². The fourth-order valence-corrected chi connectivity index (χ4v) is 5.90. The number of amides is 1. The van der Waals surface area contributed by atoms with Gasteiger partial charge in [-0.2, -0.15) is 0 Å². The van der Waals surface area contributed by atoms with Gasteiger partial charge in [0.25, 0.3) is 5.91 Å². The van der Waals surface area contributed by atoms with Crippen molar-refractivity contribution in [2.24, 2.45) is 0 Å². The predicted octanol–water partition coefficient (Wildman–Crippen LogP) is 6.97. The summed E-state index contributed by atoms with van der Waals surface area (Å²) in [5.74, 6) is -0.0345. The number of carbonyl (C=O) groups excluding carboxylic acids is 2. The molecule has 8 nitrogen and oxygen atoms in total. The lowest BCUT2D eigenvalue weighted by Gasteiger charge is -2.39. The van der Waals surface area contributed by atoms with Gasteiger partial charge >= 0.3 is 6.16 Å². The Hall–Kier alpha value is -4.43. The highest BCUT2D eigenvalue weighted by atomic mass is 16.8. The molecule has 8 heteroatoms. The number of rotatable bonds is 5. The van der Waals surface area contributed by atoms with Crippen LogP contribution in [0, 0.1) is 0 Å². The summed E-state index contributed by atoms with van der Waals surface area (Å²) < 4.78 is 5.37. The largest absolute Gasteiger partial charge is 0.528 e. The Balaban J connectivity index is 1.21. The van der Waals surface area contributed by atoms with Crippen LogP contribution in [0.5, 0.6) is 0 Å². The van der Waals surface area contributed by atoms with Crippen LogP contribution in [0.1, 0.15) is 67.2 Å². The molecule has 0 radical (unpaired) electrons. The highest BCUT2D eigenvalue weighted by Crippen LogP contribution is 2.38. The summed E-state index contributed by atoms with van der Waals surface area (Å²) in [5.41, 5.74) is 6.69. The number of hydrogen-bond acceptors (Lipinski definition) is 7. The molecule has 1 amide bonds. The van der Waals surface area contributed by atoms with Crippen LogP contribution in [-0.2, 0) is 34.6 Å². The van der Waals surface area contributed by atoms with Gasteiger partial charge in [-0.25, -0.2) is 4.79 Å². The molecule has 0 saturated carbocycles. The third-order valence-electron chi connectivity index (χ3n) is 7.73. The number of carbonyl (C=O) groups is 2. The number of nitrogens with zero attached hydrogens (tertiary/aromatic N) is 3. The monoisotopic (exact) mass is 564 g/mol. The standard InChI is InChI=1S/C34H36N4O4/c1-33(2,3)41-32(40)42-37-19-25-17-26(12-13-27(25)34(4,5)21-37)38-20-24-8-6-10-29(30(24)31(38)39)36-18-22-11-14-28-23(16-22)9-7-15-35-28/h6-17,36H,18-21H2,1-5H3. The minimum atomic E-state index is -0.719. The van der Waals surface area contributed by atoms with Crippen molar-refractivity contribution in [2.75, 3.05) is 16.8 Å². The molecule has 1 N–H and O–H groups in total. The molecule has 3 aromatic carbocycles. The molecule has 0 spiro atoms. The Labute approximate surface area is 246 Å². The number of fused-ring (bicyclic) bond motifs is 3. The Morgan fingerprint density at radius 1 is 1.00 bits per heavy atom. The highest BCUT2D eigenvalue weighted by molar-refractivity contribution is 6.13. The summed E-state index contributed by atoms with van der Waals surface area (Å²) in [4.78, 5) is 38.0. The Kier molecular flexibility index (Phi) is 6.89. The number of ether oxygens (including phenoxy) is 1. The second kappa shape index (κ2) is 10.4. The molecule has 6 rings (SSSR count). The number of hydroxylamine groups is 2. The molecule has 216 valence electrons. The lowest BCUT2D eigenvalue weighted by atomic mass is 9.79. The molecule has 2 aliphatic rings. The van der Waals surface area contributed by atoms with Crippen LogP contribution in [0.4, 0.5) is 16.2 Å². The number of hydrogen-bond donors (Lipinski definition) is 1. The molecule has 0 unspecified atom stereocenters. The summed E-state index contributed by atoms with van der Waals surface area (Å²) in [5, 5.41) is 6.22. The van der Waals surface area contributed by atoms with E-state index in [0.717, 1.165) is 39.0 Å². The molecular formula is C34H36N4O4. The SMILES string of the molecule is CC(C)(C)OC(=O)ON1Cc2cc(N3Cc4cccc(NCc5ccc6ncccc6c5)c4C3=O)ccc2C(C)(C)C1. The smallest absolute Gasteiger partial charge is 0.427 e. The van der Waals surface area contributed by atoms with Crippen LogP contribution in [0.15, 0.2) is 72.9 Å². The summed E-state index contributed by atoms with van der Waals surface area (Å²) in [6, 6.07) is 22.3. The summed E-state index contributed by atoms with van der Waals surface area (Å²) in [6.07, 6.45) is 1.07. The Bertz CT molecular complexity index is 1690. The first-order valence-electron chi connectivity index (χ1n) is 14.3. The van der Waals surface area contributed by atoms with Gasteiger partial charge in [0.15, 0.2) is 0 Å². The van der Waals surface area contributed by atoms with Crippen LogP contribution in [0.2, 0.25) is 0 Å². The van der Waals surface area contributed by atoms with Crippen molar-refractivity contribution in [3.05, 3.63) is 101 Å². The van der Waals surface area contributed by atoms with E-state index in [1.807, 2.05) is 68.1 Å². The zero-order valence-corrected chi connectivity index (χ0v) is 24.7. The zero-order valence-electron chi connectivity index (χ0n) is 24.7. The first-order chi connectivity index (χ1) is 20.0. The second-order valence-corrected chi connectivity index (χ2v) is 12.7. The minimum absolute atomic E-state index is 0.0345. The van der Waals surface area contributed by atoms with E-state index in [1.54, 1.807) is 11.3 Å². The summed E-state index contributed by atoms with van der Waals surface area (Å²) >= 11 is 0. The second-order valence-electron chi connectivity index (χ2n) is 12.7. The predicted molar refractivity (Wildman–Crippen MR) is 163 cm³/mol. The average molecular weight is 565 g/mol. The van der Waals surface area contributed by atoms with Crippen LogP contribution in [0.3, 0.4) is 0 Å². The van der Waals surface area contributed by atoms with Gasteiger partial charge in [0.2, 0.25) is 0 Å². The van der Waals surface area contributed by atoms with Crippen molar-refractivity contribution in [2.45, 2.75) is 65.3 Å². The zero-order chi connectivity index (χ0) is 29.6. The van der Waals surface area contributed by atoms with Gasteiger partial charge in [-0.3, -0.25) is 9.78 Å². The third kappa shape index (κ3) is 5.54. The Morgan fingerprint density at radius 3 is 2.64 bits per heavy atom. The molecule has 3 heterocycles. The van der Waals surface area contributed by atoms with E-state index in [0.29, 0.717) is 31.7 Å². The van der Waals surface area contributed by atoms with Gasteiger partial charge in [-0.05, 0) is 79.4 Å². The maximum atomic E-state index is 13.8. The lowest BCUT2D eigenvalue weighted by Crippen LogP contribution is -2.43. The van der Waals surface area contributed by atoms with Crippen molar-refractivity contribution >= 4 is 34.3 Å². The maximum Gasteiger partial charge on any atom is 0.528 e. The van der Waals surface area contributed by atoms with Gasteiger partial charge < -0.3 is 19.8 Å². The average Bonchev–Trinajstić information content (AvgIpc) is 3.27. The fraction of sp³-hybridized carbons (Fsp3) is 0.324. The van der Waals surface area contributed by atoms with Gasteiger partial charge in [-0.1, -0.05) is 44.2 Å². The Morgan fingerprint density at radius 2 is 1.83 bits per heavy atom. The fourth-order valence-electron chi connectivity index (χ4n) is 5.90. The molecule has 0 bridgehead atoms. The van der Waals surface area contributed by atoms with Gasteiger partial charge in [0.1, 0.15) is 5.60 Å². The van der Waals surface area contributed by atoms with Crippen LogP contribution >= 0.6 is 0 Å². The van der Waals surface area contributed by atoms with Crippen molar-refractivity contribution in [3.8, 4) is 0 Å². The van der Waals surface area contributed by atoms with Gasteiger partial charge in [0.05, 0.1) is 24.2 Å². The molecule has 2 aliphatic heterocycles. The van der Waals surface area contributed by atoms with Crippen LogP contribution in [-0.4, -0.2) is 34.3 Å². The van der Waals surface area contributed by atoms with E-state index in [1.165, 1.54) is 5.56 Å².